The Kier molecular flexibility index (Phi) is 12.4. The number of amides is 1. The van der Waals surface area contributed by atoms with Crippen LogP contribution in [0.25, 0.3) is 0 Å². The fourth-order valence-corrected chi connectivity index (χ4v) is 6.09. The van der Waals surface area contributed by atoms with Crippen LogP contribution in [0.4, 0.5) is 4.79 Å². The van der Waals surface area contributed by atoms with E-state index in [2.05, 4.69) is 20.2 Å². The molecule has 3 rings (SSSR count). The number of carbonyl (C=O) groups is 1. The summed E-state index contributed by atoms with van der Waals surface area (Å²) in [5.74, 6) is 1.17. The van der Waals surface area contributed by atoms with Crippen molar-refractivity contribution < 1.29 is 47.1 Å². The molecule has 1 aromatic rings. The van der Waals surface area contributed by atoms with Crippen LogP contribution in [-0.4, -0.2) is 82.7 Å². The molecule has 14 nitrogen and oxygen atoms in total. The number of alkyl carbamates (subject to hydrolysis) is 1. The maximum absolute atomic E-state index is 12.0. The van der Waals surface area contributed by atoms with E-state index < -0.39 is 21.5 Å². The van der Waals surface area contributed by atoms with Crippen molar-refractivity contribution in [2.75, 3.05) is 46.7 Å². The number of nitrogens with zero attached hydrogens (tertiary/aromatic N) is 3. The number of nitrogens with one attached hydrogen (secondary N) is 1. The van der Waals surface area contributed by atoms with Gasteiger partial charge in [-0.05, 0) is 62.7 Å². The number of aliphatic hydroxyl groups is 1. The molecular weight excluding hydrogens is 554 g/mol. The Bertz CT molecular complexity index is 1020. The first-order chi connectivity index (χ1) is 18.5. The number of aliphatic hydroxyl groups excluding tert-OH is 1. The summed E-state index contributed by atoms with van der Waals surface area (Å²) in [5, 5.41) is 20.9. The van der Waals surface area contributed by atoms with Crippen LogP contribution in [0, 0.1) is 23.7 Å². The third-order valence-corrected chi connectivity index (χ3v) is 8.98. The van der Waals surface area contributed by atoms with Gasteiger partial charge in [0.2, 0.25) is 0 Å². The van der Waals surface area contributed by atoms with E-state index in [1.807, 2.05) is 4.68 Å². The second-order valence-electron chi connectivity index (χ2n) is 10.3. The molecule has 2 aliphatic rings. The number of fused-ring (bicyclic) bond motifs is 2. The molecule has 4 N–H and O–H groups in total. The van der Waals surface area contributed by atoms with E-state index in [0.717, 1.165) is 70.2 Å². The van der Waals surface area contributed by atoms with Gasteiger partial charge in [-0.2, -0.15) is 0 Å². The molecule has 1 fully saturated rings. The molecular formula is C23H42N4O10P2. The average molecular weight is 597 g/mol. The summed E-state index contributed by atoms with van der Waals surface area (Å²) in [6, 6.07) is 0. The topological polar surface area (TPSA) is 192 Å². The van der Waals surface area contributed by atoms with Gasteiger partial charge < -0.3 is 29.5 Å². The van der Waals surface area contributed by atoms with Gasteiger partial charge in [-0.15, -0.1) is 5.10 Å². The van der Waals surface area contributed by atoms with Gasteiger partial charge in [0.1, 0.15) is 0 Å². The first-order valence-corrected chi connectivity index (χ1v) is 17.0. The number of hydrogen-bond acceptors (Lipinski definition) is 10. The molecule has 1 saturated carbocycles. The van der Waals surface area contributed by atoms with E-state index in [-0.39, 0.29) is 32.3 Å². The zero-order valence-corrected chi connectivity index (χ0v) is 24.4. The van der Waals surface area contributed by atoms with Crippen molar-refractivity contribution in [1.82, 2.24) is 20.3 Å². The summed E-state index contributed by atoms with van der Waals surface area (Å²) >= 11 is 0. The van der Waals surface area contributed by atoms with Gasteiger partial charge in [0.25, 0.3) is 0 Å². The highest BCUT2D eigenvalue weighted by molar-refractivity contribution is 7.51. The molecule has 16 heteroatoms. The minimum Gasteiger partial charge on any atom is -0.449 e. The van der Waals surface area contributed by atoms with Gasteiger partial charge in [0.05, 0.1) is 31.2 Å². The predicted octanol–water partition coefficient (Wildman–Crippen LogP) is 2.51. The van der Waals surface area contributed by atoms with Crippen molar-refractivity contribution in [3.8, 4) is 0 Å². The molecule has 0 spiro atoms. The zero-order chi connectivity index (χ0) is 28.5. The van der Waals surface area contributed by atoms with Crippen molar-refractivity contribution in [3.05, 3.63) is 11.4 Å². The van der Waals surface area contributed by atoms with Gasteiger partial charge in [-0.1, -0.05) is 11.6 Å². The van der Waals surface area contributed by atoms with E-state index >= 15 is 0 Å². The fraction of sp³-hybridized carbons (Fsp3) is 0.870. The minimum absolute atomic E-state index is 0.0213. The minimum atomic E-state index is -4.00. The molecule has 6 atom stereocenters. The van der Waals surface area contributed by atoms with Crippen molar-refractivity contribution in [2.24, 2.45) is 23.7 Å². The van der Waals surface area contributed by atoms with Crippen molar-refractivity contribution in [1.29, 1.82) is 0 Å². The number of phosphoric acid groups is 1. The Morgan fingerprint density at radius 2 is 1.90 bits per heavy atom. The number of carbonyl (C=O) groups excluding carboxylic acids is 1. The van der Waals surface area contributed by atoms with Crippen molar-refractivity contribution in [2.45, 2.75) is 57.9 Å². The van der Waals surface area contributed by atoms with Crippen LogP contribution >= 0.6 is 15.4 Å². The van der Waals surface area contributed by atoms with E-state index in [9.17, 15) is 23.9 Å². The van der Waals surface area contributed by atoms with Gasteiger partial charge in [-0.25, -0.2) is 14.0 Å². The molecule has 1 aromatic heterocycles. The number of aromatic nitrogens is 3. The smallest absolute Gasteiger partial charge is 0.449 e. The summed E-state index contributed by atoms with van der Waals surface area (Å²) in [4.78, 5) is 30.4. The number of phosphoric ester groups is 1. The van der Waals surface area contributed by atoms with Crippen LogP contribution in [0.15, 0.2) is 0 Å². The van der Waals surface area contributed by atoms with Gasteiger partial charge in [0, 0.05) is 39.4 Å². The summed E-state index contributed by atoms with van der Waals surface area (Å²) < 4.78 is 43.9. The molecule has 2 aliphatic carbocycles. The third kappa shape index (κ3) is 10.8. The van der Waals surface area contributed by atoms with E-state index in [1.165, 1.54) is 0 Å². The van der Waals surface area contributed by atoms with Gasteiger partial charge in [-0.3, -0.25) is 13.6 Å². The molecule has 0 saturated heterocycles. The molecule has 224 valence electrons. The van der Waals surface area contributed by atoms with Crippen LogP contribution < -0.4 is 5.32 Å². The second-order valence-corrected chi connectivity index (χ2v) is 13.7. The summed E-state index contributed by atoms with van der Waals surface area (Å²) in [6.07, 6.45) is 5.90. The van der Waals surface area contributed by atoms with E-state index in [1.54, 1.807) is 0 Å². The zero-order valence-electron chi connectivity index (χ0n) is 22.6. The number of ether oxygens (including phenoxy) is 1. The lowest BCUT2D eigenvalue weighted by Crippen LogP contribution is -2.27. The second kappa shape index (κ2) is 15.0. The molecule has 1 amide bonds. The summed E-state index contributed by atoms with van der Waals surface area (Å²) in [7, 11) is -6.46. The number of rotatable bonds is 17. The Morgan fingerprint density at radius 1 is 1.15 bits per heavy atom. The molecule has 0 bridgehead atoms. The van der Waals surface area contributed by atoms with Crippen LogP contribution in [0.5, 0.6) is 0 Å². The van der Waals surface area contributed by atoms with Crippen molar-refractivity contribution in [3.63, 3.8) is 0 Å². The summed E-state index contributed by atoms with van der Waals surface area (Å²) in [5.41, 5.74) is 2.19. The van der Waals surface area contributed by atoms with E-state index in [0.29, 0.717) is 37.2 Å². The Balaban J connectivity index is 1.33. The highest BCUT2D eigenvalue weighted by Gasteiger charge is 2.50. The number of aryl methyl sites for hydroxylation is 2. The maximum Gasteiger partial charge on any atom is 0.471 e. The van der Waals surface area contributed by atoms with Crippen LogP contribution in [0.3, 0.4) is 0 Å². The first kappa shape index (κ1) is 32.1. The Morgan fingerprint density at radius 3 is 2.59 bits per heavy atom. The Labute approximate surface area is 228 Å². The largest absolute Gasteiger partial charge is 0.471 e. The SMILES string of the molecule is COP(=O)(O)OCCCNC(=O)OCC1C2CCc3nnn(CCCCC(CO)COP(C)(=O)O)c3CCC21. The molecule has 0 radical (unpaired) electrons. The number of unbranched alkanes of at least 4 members (excludes halogenated alkanes) is 1. The lowest BCUT2D eigenvalue weighted by molar-refractivity contribution is 0.136. The predicted molar refractivity (Wildman–Crippen MR) is 140 cm³/mol. The van der Waals surface area contributed by atoms with Crippen molar-refractivity contribution >= 4 is 21.5 Å². The van der Waals surface area contributed by atoms with Crippen LogP contribution in [0.2, 0.25) is 0 Å². The third-order valence-electron chi connectivity index (χ3n) is 7.38. The highest BCUT2D eigenvalue weighted by Crippen LogP contribution is 2.53. The average Bonchev–Trinajstić information content (AvgIpc) is 3.39. The quantitative estimate of drug-likeness (QED) is 0.152. The lowest BCUT2D eigenvalue weighted by Gasteiger charge is -2.16. The normalized spacial score (nSPS) is 24.3. The lowest BCUT2D eigenvalue weighted by atomic mass is 10.0. The van der Waals surface area contributed by atoms with Crippen LogP contribution in [-0.2, 0) is 46.8 Å². The molecule has 0 aromatic carbocycles. The number of hydrogen-bond donors (Lipinski definition) is 4. The summed E-state index contributed by atoms with van der Waals surface area (Å²) in [6.45, 7) is 2.44. The van der Waals surface area contributed by atoms with Crippen LogP contribution in [0.1, 0.15) is 49.9 Å². The Hall–Kier alpha value is -1.37. The highest BCUT2D eigenvalue weighted by atomic mass is 31.2. The standard InChI is InChI=1S/C23H42N4O10P2/c1-34-39(32,33)36-13-5-11-24-23(29)35-16-20-18-7-9-21-22(10-8-19(18)20)27(26-25-21)12-4-3-6-17(14-28)15-37-38(2,30)31/h17-20,28H,3-16H2,1-2H3,(H,24,29)(H,30,31)(H,32,33). The molecule has 39 heavy (non-hydrogen) atoms. The van der Waals surface area contributed by atoms with Gasteiger partial charge >= 0.3 is 21.5 Å². The molecule has 1 heterocycles. The fourth-order valence-electron chi connectivity index (χ4n) is 5.13. The monoisotopic (exact) mass is 596 g/mol. The first-order valence-electron chi connectivity index (χ1n) is 13.4. The molecule has 6 unspecified atom stereocenters. The molecule has 0 aliphatic heterocycles. The van der Waals surface area contributed by atoms with Gasteiger partial charge in [0.15, 0.2) is 0 Å². The van der Waals surface area contributed by atoms with E-state index in [4.69, 9.17) is 18.7 Å². The maximum atomic E-state index is 12.0.